The Morgan fingerprint density at radius 3 is 2.64 bits per heavy atom. The van der Waals surface area contributed by atoms with Gasteiger partial charge in [-0.25, -0.2) is 4.39 Å². The molecule has 1 amide bonds. The summed E-state index contributed by atoms with van der Waals surface area (Å²) in [7, 11) is 0. The molecule has 0 aliphatic carbocycles. The minimum atomic E-state index is -0.222. The van der Waals surface area contributed by atoms with Gasteiger partial charge in [-0.05, 0) is 37.1 Å². The van der Waals surface area contributed by atoms with Crippen LogP contribution in [0.3, 0.4) is 0 Å². The molecule has 2 saturated heterocycles. The van der Waals surface area contributed by atoms with Crippen molar-refractivity contribution in [3.63, 3.8) is 0 Å². The van der Waals surface area contributed by atoms with E-state index in [1.165, 1.54) is 6.07 Å². The van der Waals surface area contributed by atoms with Crippen molar-refractivity contribution in [2.45, 2.75) is 13.3 Å². The summed E-state index contributed by atoms with van der Waals surface area (Å²) >= 11 is 0. The summed E-state index contributed by atoms with van der Waals surface area (Å²) in [6.45, 7) is 9.96. The summed E-state index contributed by atoms with van der Waals surface area (Å²) in [6, 6.07) is 4.82. The number of carbonyl (C=O) groups excluding carboxylic acids is 1. The first-order valence-electron chi connectivity index (χ1n) is 11.5. The van der Waals surface area contributed by atoms with Crippen LogP contribution < -0.4 is 5.32 Å². The van der Waals surface area contributed by atoms with Gasteiger partial charge in [0.2, 0.25) is 5.91 Å². The van der Waals surface area contributed by atoms with E-state index in [1.54, 1.807) is 12.1 Å². The Hall–Kier alpha value is -1.92. The zero-order chi connectivity index (χ0) is 22.3. The first-order chi connectivity index (χ1) is 15.6. The summed E-state index contributed by atoms with van der Waals surface area (Å²) < 4.78 is 18.9. The predicted molar refractivity (Wildman–Crippen MR) is 139 cm³/mol. The SMILES string of the molecule is CCNC(=NCCc1c[nH]c2ccc(F)cc12)N1CCN(CC(=O)N2CCOCC2)CC1.I. The second-order valence-corrected chi connectivity index (χ2v) is 8.25. The average Bonchev–Trinajstić information content (AvgIpc) is 3.21. The maximum Gasteiger partial charge on any atom is 0.236 e. The topological polar surface area (TPSA) is 76.2 Å². The molecule has 3 heterocycles. The van der Waals surface area contributed by atoms with Gasteiger partial charge in [-0.15, -0.1) is 24.0 Å². The van der Waals surface area contributed by atoms with Gasteiger partial charge in [-0.2, -0.15) is 0 Å². The highest BCUT2D eigenvalue weighted by Crippen LogP contribution is 2.20. The highest BCUT2D eigenvalue weighted by atomic mass is 127. The number of amides is 1. The fraction of sp³-hybridized carbons (Fsp3) is 0.565. The number of morpholine rings is 1. The quantitative estimate of drug-likeness (QED) is 0.315. The maximum atomic E-state index is 13.6. The molecule has 8 nitrogen and oxygen atoms in total. The molecule has 2 aromatic rings. The van der Waals surface area contributed by atoms with Crippen LogP contribution in [0.4, 0.5) is 4.39 Å². The first kappa shape index (κ1) is 25.7. The smallest absolute Gasteiger partial charge is 0.236 e. The molecule has 2 aliphatic heterocycles. The highest BCUT2D eigenvalue weighted by molar-refractivity contribution is 14.0. The third kappa shape index (κ3) is 6.80. The van der Waals surface area contributed by atoms with Gasteiger partial charge in [-0.3, -0.25) is 14.7 Å². The number of benzene rings is 1. The van der Waals surface area contributed by atoms with Crippen LogP contribution in [0.2, 0.25) is 0 Å². The number of halogens is 2. The standard InChI is InChI=1S/C23H33FN6O2.HI/c1-2-25-23(26-6-5-18-16-27-21-4-3-19(24)15-20(18)21)30-9-7-28(8-10-30)17-22(31)29-11-13-32-14-12-29;/h3-4,15-16,27H,2,5-14,17H2,1H3,(H,25,26);1H. The number of rotatable bonds is 6. The van der Waals surface area contributed by atoms with Crippen LogP contribution in [0, 0.1) is 5.82 Å². The predicted octanol–water partition coefficient (Wildman–Crippen LogP) is 1.91. The van der Waals surface area contributed by atoms with E-state index in [2.05, 4.69) is 27.0 Å². The van der Waals surface area contributed by atoms with Crippen LogP contribution in [-0.2, 0) is 16.0 Å². The molecule has 33 heavy (non-hydrogen) atoms. The third-order valence-electron chi connectivity index (χ3n) is 6.10. The summed E-state index contributed by atoms with van der Waals surface area (Å²) in [5.74, 6) is 0.871. The van der Waals surface area contributed by atoms with Crippen LogP contribution in [0.15, 0.2) is 29.4 Å². The fourth-order valence-corrected chi connectivity index (χ4v) is 4.29. The number of aliphatic imine (C=N–C) groups is 1. The van der Waals surface area contributed by atoms with Crippen molar-refractivity contribution in [1.29, 1.82) is 0 Å². The summed E-state index contributed by atoms with van der Waals surface area (Å²) in [5.41, 5.74) is 2.02. The molecule has 10 heteroatoms. The Morgan fingerprint density at radius 1 is 1.15 bits per heavy atom. The Balaban J connectivity index is 0.00000306. The van der Waals surface area contributed by atoms with Crippen LogP contribution >= 0.6 is 24.0 Å². The van der Waals surface area contributed by atoms with E-state index in [4.69, 9.17) is 9.73 Å². The number of carbonyl (C=O) groups is 1. The van der Waals surface area contributed by atoms with Crippen molar-refractivity contribution < 1.29 is 13.9 Å². The Labute approximate surface area is 211 Å². The van der Waals surface area contributed by atoms with Crippen molar-refractivity contribution >= 4 is 46.7 Å². The molecule has 0 bridgehead atoms. The second-order valence-electron chi connectivity index (χ2n) is 8.25. The van der Waals surface area contributed by atoms with E-state index in [9.17, 15) is 9.18 Å². The Morgan fingerprint density at radius 2 is 1.91 bits per heavy atom. The summed E-state index contributed by atoms with van der Waals surface area (Å²) in [6.07, 6.45) is 2.68. The summed E-state index contributed by atoms with van der Waals surface area (Å²) in [5, 5.41) is 4.31. The number of aromatic nitrogens is 1. The van der Waals surface area contributed by atoms with E-state index < -0.39 is 0 Å². The van der Waals surface area contributed by atoms with E-state index >= 15 is 0 Å². The minimum absolute atomic E-state index is 0. The van der Waals surface area contributed by atoms with Crippen molar-refractivity contribution in [3.05, 3.63) is 35.8 Å². The first-order valence-corrected chi connectivity index (χ1v) is 11.5. The fourth-order valence-electron chi connectivity index (χ4n) is 4.29. The molecular weight excluding hydrogens is 538 g/mol. The van der Waals surface area contributed by atoms with Crippen LogP contribution in [0.25, 0.3) is 10.9 Å². The van der Waals surface area contributed by atoms with Crippen LogP contribution in [0.1, 0.15) is 12.5 Å². The minimum Gasteiger partial charge on any atom is -0.378 e. The van der Waals surface area contributed by atoms with E-state index in [0.717, 1.165) is 61.6 Å². The molecular formula is C23H34FIN6O2. The van der Waals surface area contributed by atoms with E-state index in [1.807, 2.05) is 11.1 Å². The van der Waals surface area contributed by atoms with Gasteiger partial charge < -0.3 is 24.8 Å². The van der Waals surface area contributed by atoms with Crippen LogP contribution in [-0.4, -0.2) is 104 Å². The highest BCUT2D eigenvalue weighted by Gasteiger charge is 2.24. The zero-order valence-corrected chi connectivity index (χ0v) is 21.5. The van der Waals surface area contributed by atoms with Gasteiger partial charge in [0.25, 0.3) is 0 Å². The average molecular weight is 572 g/mol. The monoisotopic (exact) mass is 572 g/mol. The number of nitrogens with one attached hydrogen (secondary N) is 2. The number of hydrogen-bond acceptors (Lipinski definition) is 4. The molecule has 0 atom stereocenters. The number of piperazine rings is 1. The lowest BCUT2D eigenvalue weighted by molar-refractivity contribution is -0.136. The lowest BCUT2D eigenvalue weighted by atomic mass is 10.1. The number of ether oxygens (including phenoxy) is 1. The van der Waals surface area contributed by atoms with Gasteiger partial charge in [0.1, 0.15) is 5.82 Å². The van der Waals surface area contributed by atoms with Gasteiger partial charge in [-0.1, -0.05) is 0 Å². The number of H-pyrrole nitrogens is 1. The van der Waals surface area contributed by atoms with Crippen molar-refractivity contribution in [2.75, 3.05) is 72.1 Å². The molecule has 2 aliphatic rings. The molecule has 0 saturated carbocycles. The van der Waals surface area contributed by atoms with Gasteiger partial charge in [0, 0.05) is 69.5 Å². The van der Waals surface area contributed by atoms with Gasteiger partial charge >= 0.3 is 0 Å². The lowest BCUT2D eigenvalue weighted by Gasteiger charge is -2.37. The zero-order valence-electron chi connectivity index (χ0n) is 19.2. The van der Waals surface area contributed by atoms with Crippen molar-refractivity contribution in [2.24, 2.45) is 4.99 Å². The molecule has 4 rings (SSSR count). The molecule has 1 aromatic carbocycles. The molecule has 0 spiro atoms. The normalized spacial score (nSPS) is 17.8. The molecule has 2 N–H and O–H groups in total. The van der Waals surface area contributed by atoms with Gasteiger partial charge in [0.05, 0.1) is 19.8 Å². The number of hydrogen-bond donors (Lipinski definition) is 2. The van der Waals surface area contributed by atoms with E-state index in [0.29, 0.717) is 39.4 Å². The number of fused-ring (bicyclic) bond motifs is 1. The molecule has 0 unspecified atom stereocenters. The number of guanidine groups is 1. The second kappa shape index (κ2) is 12.5. The maximum absolute atomic E-state index is 13.6. The Bertz CT molecular complexity index is 938. The number of nitrogens with zero attached hydrogens (tertiary/aromatic N) is 4. The molecule has 0 radical (unpaired) electrons. The molecule has 182 valence electrons. The molecule has 2 fully saturated rings. The third-order valence-corrected chi connectivity index (χ3v) is 6.10. The molecule has 1 aromatic heterocycles. The van der Waals surface area contributed by atoms with E-state index in [-0.39, 0.29) is 35.7 Å². The largest absolute Gasteiger partial charge is 0.378 e. The summed E-state index contributed by atoms with van der Waals surface area (Å²) in [4.78, 5) is 26.9. The lowest BCUT2D eigenvalue weighted by Crippen LogP contribution is -2.55. The number of aromatic amines is 1. The Kier molecular flexibility index (Phi) is 9.75. The van der Waals surface area contributed by atoms with Gasteiger partial charge in [0.15, 0.2) is 5.96 Å². The van der Waals surface area contributed by atoms with Crippen molar-refractivity contribution in [1.82, 2.24) is 25.0 Å². The van der Waals surface area contributed by atoms with Crippen molar-refractivity contribution in [3.8, 4) is 0 Å². The van der Waals surface area contributed by atoms with Crippen LogP contribution in [0.5, 0.6) is 0 Å².